The first kappa shape index (κ1) is 17.5. The number of hydrogen-bond acceptors (Lipinski definition) is 3. The Morgan fingerprint density at radius 2 is 2.13 bits per heavy atom. The summed E-state index contributed by atoms with van der Waals surface area (Å²) in [6.45, 7) is 11.1. The highest BCUT2D eigenvalue weighted by Crippen LogP contribution is 2.34. The Balaban J connectivity index is 2.39. The molecule has 0 aliphatic carbocycles. The second-order valence-corrected chi connectivity index (χ2v) is 6.56. The molecule has 0 fully saturated rings. The number of nitrogens with zero attached hydrogens (tertiary/aromatic N) is 1. The van der Waals surface area contributed by atoms with Gasteiger partial charge in [0.2, 0.25) is 5.83 Å². The van der Waals surface area contributed by atoms with Gasteiger partial charge in [0.1, 0.15) is 0 Å². The van der Waals surface area contributed by atoms with E-state index in [1.807, 2.05) is 18.2 Å². The SMILES string of the molecule is CCOC(=O)/C(F)=C(/C)c1ccc2c(c1)CC(C)CN2C(C)C. The average Bonchev–Trinajstić information content (AvgIpc) is 2.52. The summed E-state index contributed by atoms with van der Waals surface area (Å²) in [6, 6.07) is 6.36. The van der Waals surface area contributed by atoms with Crippen LogP contribution in [0.3, 0.4) is 0 Å². The minimum Gasteiger partial charge on any atom is -0.461 e. The fourth-order valence-electron chi connectivity index (χ4n) is 3.10. The zero-order valence-electron chi connectivity index (χ0n) is 14.6. The Kier molecular flexibility index (Phi) is 5.45. The van der Waals surface area contributed by atoms with E-state index < -0.39 is 11.8 Å². The van der Waals surface area contributed by atoms with Crippen molar-refractivity contribution in [2.45, 2.75) is 47.1 Å². The number of carbonyl (C=O) groups is 1. The van der Waals surface area contributed by atoms with Crippen LogP contribution in [0.2, 0.25) is 0 Å². The molecular formula is C19H26FNO2. The molecule has 2 rings (SSSR count). The lowest BCUT2D eigenvalue weighted by atomic mass is 9.90. The van der Waals surface area contributed by atoms with Crippen molar-refractivity contribution in [2.24, 2.45) is 5.92 Å². The van der Waals surface area contributed by atoms with Crippen LogP contribution in [0.5, 0.6) is 0 Å². The Hall–Kier alpha value is -1.84. The first-order chi connectivity index (χ1) is 10.8. The van der Waals surface area contributed by atoms with Gasteiger partial charge in [0, 0.05) is 18.3 Å². The third kappa shape index (κ3) is 3.74. The monoisotopic (exact) mass is 319 g/mol. The molecule has 1 heterocycles. The maximum absolute atomic E-state index is 14.2. The number of carbonyl (C=O) groups excluding carboxylic acids is 1. The largest absolute Gasteiger partial charge is 0.461 e. The third-order valence-corrected chi connectivity index (χ3v) is 4.31. The van der Waals surface area contributed by atoms with E-state index in [4.69, 9.17) is 4.74 Å². The summed E-state index contributed by atoms with van der Waals surface area (Å²) in [5.41, 5.74) is 3.50. The van der Waals surface area contributed by atoms with E-state index in [9.17, 15) is 9.18 Å². The van der Waals surface area contributed by atoms with Gasteiger partial charge >= 0.3 is 5.97 Å². The first-order valence-corrected chi connectivity index (χ1v) is 8.28. The first-order valence-electron chi connectivity index (χ1n) is 8.28. The summed E-state index contributed by atoms with van der Waals surface area (Å²) in [5, 5.41) is 0. The second kappa shape index (κ2) is 7.16. The molecule has 23 heavy (non-hydrogen) atoms. The standard InChI is InChI=1S/C19H26FNO2/c1-6-23-19(22)18(20)14(5)15-7-8-17-16(10-15)9-13(4)11-21(17)12(2)3/h7-8,10,12-13H,6,9,11H2,1-5H3/b18-14+. The predicted octanol–water partition coefficient (Wildman–Crippen LogP) is 4.36. The van der Waals surface area contributed by atoms with Crippen LogP contribution in [-0.2, 0) is 16.0 Å². The van der Waals surface area contributed by atoms with Crippen molar-refractivity contribution in [2.75, 3.05) is 18.1 Å². The van der Waals surface area contributed by atoms with Crippen LogP contribution in [0.1, 0.15) is 45.7 Å². The van der Waals surface area contributed by atoms with E-state index in [1.54, 1.807) is 13.8 Å². The van der Waals surface area contributed by atoms with Crippen LogP contribution in [0.25, 0.3) is 5.57 Å². The summed E-state index contributed by atoms with van der Waals surface area (Å²) in [7, 11) is 0. The predicted molar refractivity (Wildman–Crippen MR) is 92.1 cm³/mol. The molecule has 1 aromatic rings. The summed E-state index contributed by atoms with van der Waals surface area (Å²) >= 11 is 0. The van der Waals surface area contributed by atoms with Gasteiger partial charge in [-0.3, -0.25) is 0 Å². The molecule has 0 radical (unpaired) electrons. The molecule has 3 nitrogen and oxygen atoms in total. The lowest BCUT2D eigenvalue weighted by molar-refractivity contribution is -0.140. The summed E-state index contributed by atoms with van der Waals surface area (Å²) < 4.78 is 18.9. The number of hydrogen-bond donors (Lipinski definition) is 0. The van der Waals surface area contributed by atoms with Crippen molar-refractivity contribution >= 4 is 17.2 Å². The van der Waals surface area contributed by atoms with Crippen molar-refractivity contribution in [1.82, 2.24) is 0 Å². The Morgan fingerprint density at radius 3 is 2.74 bits per heavy atom. The molecule has 0 spiro atoms. The smallest absolute Gasteiger partial charge is 0.367 e. The average molecular weight is 319 g/mol. The molecule has 0 saturated heterocycles. The quantitative estimate of drug-likeness (QED) is 0.610. The Morgan fingerprint density at radius 1 is 1.43 bits per heavy atom. The van der Waals surface area contributed by atoms with Crippen LogP contribution >= 0.6 is 0 Å². The number of halogens is 1. The van der Waals surface area contributed by atoms with Gasteiger partial charge in [-0.15, -0.1) is 0 Å². The highest BCUT2D eigenvalue weighted by atomic mass is 19.1. The van der Waals surface area contributed by atoms with Crippen LogP contribution in [-0.4, -0.2) is 25.2 Å². The van der Waals surface area contributed by atoms with Crippen molar-refractivity contribution in [3.8, 4) is 0 Å². The van der Waals surface area contributed by atoms with Gasteiger partial charge in [-0.25, -0.2) is 4.79 Å². The van der Waals surface area contributed by atoms with E-state index in [-0.39, 0.29) is 6.61 Å². The molecule has 126 valence electrons. The number of fused-ring (bicyclic) bond motifs is 1. The van der Waals surface area contributed by atoms with E-state index in [0.29, 0.717) is 17.5 Å². The molecule has 1 aliphatic rings. The highest BCUT2D eigenvalue weighted by Gasteiger charge is 2.24. The number of ether oxygens (including phenoxy) is 1. The van der Waals surface area contributed by atoms with Gasteiger partial charge in [0.15, 0.2) is 0 Å². The zero-order chi connectivity index (χ0) is 17.1. The zero-order valence-corrected chi connectivity index (χ0v) is 14.6. The van der Waals surface area contributed by atoms with E-state index in [0.717, 1.165) is 18.5 Å². The van der Waals surface area contributed by atoms with Crippen LogP contribution in [0.4, 0.5) is 10.1 Å². The lowest BCUT2D eigenvalue weighted by Gasteiger charge is -2.38. The van der Waals surface area contributed by atoms with Crippen LogP contribution < -0.4 is 4.90 Å². The minimum absolute atomic E-state index is 0.171. The van der Waals surface area contributed by atoms with Gasteiger partial charge in [-0.05, 0) is 68.9 Å². The molecular weight excluding hydrogens is 293 g/mol. The maximum atomic E-state index is 14.2. The Bertz CT molecular complexity index is 622. The minimum atomic E-state index is -0.889. The number of anilines is 1. The van der Waals surface area contributed by atoms with Gasteiger partial charge in [0.05, 0.1) is 6.61 Å². The third-order valence-electron chi connectivity index (χ3n) is 4.31. The molecule has 0 amide bonds. The van der Waals surface area contributed by atoms with E-state index >= 15 is 0 Å². The van der Waals surface area contributed by atoms with Crippen LogP contribution in [0.15, 0.2) is 24.0 Å². The normalized spacial score (nSPS) is 18.6. The molecule has 0 N–H and O–H groups in total. The molecule has 1 unspecified atom stereocenters. The lowest BCUT2D eigenvalue weighted by Crippen LogP contribution is -2.39. The summed E-state index contributed by atoms with van der Waals surface area (Å²) in [5.74, 6) is -1.14. The summed E-state index contributed by atoms with van der Waals surface area (Å²) in [6.07, 6.45) is 0.973. The van der Waals surface area contributed by atoms with Crippen molar-refractivity contribution in [1.29, 1.82) is 0 Å². The number of allylic oxidation sites excluding steroid dienone is 1. The van der Waals surface area contributed by atoms with Gasteiger partial charge in [-0.1, -0.05) is 13.0 Å². The van der Waals surface area contributed by atoms with Gasteiger partial charge < -0.3 is 9.64 Å². The number of rotatable bonds is 4. The number of esters is 1. The molecule has 1 aliphatic heterocycles. The van der Waals surface area contributed by atoms with Crippen molar-refractivity contribution in [3.05, 3.63) is 35.2 Å². The van der Waals surface area contributed by atoms with E-state index in [2.05, 4.69) is 25.7 Å². The maximum Gasteiger partial charge on any atom is 0.367 e. The Labute approximate surface area is 138 Å². The molecule has 1 atom stereocenters. The molecule has 0 aromatic heterocycles. The van der Waals surface area contributed by atoms with Gasteiger partial charge in [0.25, 0.3) is 0 Å². The van der Waals surface area contributed by atoms with Gasteiger partial charge in [-0.2, -0.15) is 4.39 Å². The second-order valence-electron chi connectivity index (χ2n) is 6.56. The van der Waals surface area contributed by atoms with E-state index in [1.165, 1.54) is 11.3 Å². The number of benzene rings is 1. The highest BCUT2D eigenvalue weighted by molar-refractivity contribution is 5.95. The molecule has 0 bridgehead atoms. The fraction of sp³-hybridized carbons (Fsp3) is 0.526. The van der Waals surface area contributed by atoms with Crippen molar-refractivity contribution < 1.29 is 13.9 Å². The van der Waals surface area contributed by atoms with Crippen LogP contribution in [0, 0.1) is 5.92 Å². The summed E-state index contributed by atoms with van der Waals surface area (Å²) in [4.78, 5) is 14.0. The molecule has 1 aromatic carbocycles. The fourth-order valence-corrected chi connectivity index (χ4v) is 3.10. The van der Waals surface area contributed by atoms with Crippen molar-refractivity contribution in [3.63, 3.8) is 0 Å². The molecule has 0 saturated carbocycles. The topological polar surface area (TPSA) is 29.5 Å². The molecule has 4 heteroatoms.